The Morgan fingerprint density at radius 1 is 1.38 bits per heavy atom. The molecule has 7 heteroatoms. The smallest absolute Gasteiger partial charge is 0.303 e. The topological polar surface area (TPSA) is 97.5 Å². The zero-order chi connectivity index (χ0) is 20.5. The van der Waals surface area contributed by atoms with Gasteiger partial charge in [0.15, 0.2) is 23.7 Å². The zero-order valence-corrected chi connectivity index (χ0v) is 16.6. The molecule has 1 saturated heterocycles. The maximum atomic E-state index is 11.7. The molecule has 6 atom stereocenters. The second-order valence-electron chi connectivity index (χ2n) is 8.85. The van der Waals surface area contributed by atoms with Crippen LogP contribution < -0.4 is 9.64 Å². The van der Waals surface area contributed by atoms with E-state index in [1.807, 2.05) is 6.08 Å². The number of ether oxygens (including phenoxy) is 2. The highest BCUT2D eigenvalue weighted by atomic mass is 16.6. The SMILES string of the molecule is CC(=O)O[C@H]1C=CC2C3Cc4c(CCC(=O)O)cc(O)c5c4[C@@]2(CC[NH+]3C)[C@H]1O5. The molecule has 3 unspecified atom stereocenters. The molecule has 2 bridgehead atoms. The number of likely N-dealkylation sites (tertiary alicyclic amines) is 1. The second kappa shape index (κ2) is 6.23. The number of hydrogen-bond acceptors (Lipinski definition) is 5. The van der Waals surface area contributed by atoms with Crippen LogP contribution in [0.4, 0.5) is 0 Å². The fourth-order valence-electron chi connectivity index (χ4n) is 6.28. The van der Waals surface area contributed by atoms with Gasteiger partial charge in [-0.3, -0.25) is 9.59 Å². The first kappa shape index (κ1) is 18.5. The number of carbonyl (C=O) groups is 2. The summed E-state index contributed by atoms with van der Waals surface area (Å²) in [4.78, 5) is 24.3. The monoisotopic (exact) mass is 400 g/mol. The molecule has 0 saturated carbocycles. The van der Waals surface area contributed by atoms with Crippen LogP contribution in [0.5, 0.6) is 11.5 Å². The first-order chi connectivity index (χ1) is 13.8. The third kappa shape index (κ3) is 2.46. The van der Waals surface area contributed by atoms with Gasteiger partial charge in [-0.15, -0.1) is 0 Å². The molecule has 0 aromatic heterocycles. The Hall–Kier alpha value is -2.54. The Balaban J connectivity index is 1.70. The quantitative estimate of drug-likeness (QED) is 0.499. The van der Waals surface area contributed by atoms with Gasteiger partial charge in [0.1, 0.15) is 0 Å². The lowest BCUT2D eigenvalue weighted by atomic mass is 9.53. The number of quaternary nitrogens is 1. The van der Waals surface area contributed by atoms with Crippen LogP contribution >= 0.6 is 0 Å². The number of carbonyl (C=O) groups excluding carboxylic acids is 1. The summed E-state index contributed by atoms with van der Waals surface area (Å²) in [7, 11) is 2.21. The zero-order valence-electron chi connectivity index (χ0n) is 16.6. The number of carboxylic acids is 1. The first-order valence-corrected chi connectivity index (χ1v) is 10.3. The first-order valence-electron chi connectivity index (χ1n) is 10.3. The van der Waals surface area contributed by atoms with Gasteiger partial charge in [0.05, 0.1) is 25.0 Å². The van der Waals surface area contributed by atoms with E-state index in [2.05, 4.69) is 13.1 Å². The summed E-state index contributed by atoms with van der Waals surface area (Å²) in [5, 5.41) is 19.9. The number of hydrogen-bond donors (Lipinski definition) is 3. The molecule has 3 N–H and O–H groups in total. The van der Waals surface area contributed by atoms with Crippen LogP contribution in [0.25, 0.3) is 0 Å². The summed E-state index contributed by atoms with van der Waals surface area (Å²) in [6, 6.07) is 2.01. The van der Waals surface area contributed by atoms with Crippen molar-refractivity contribution in [2.75, 3.05) is 13.6 Å². The summed E-state index contributed by atoms with van der Waals surface area (Å²) in [5.41, 5.74) is 2.69. The van der Waals surface area contributed by atoms with Crippen LogP contribution in [-0.2, 0) is 32.6 Å². The third-order valence-electron chi connectivity index (χ3n) is 7.41. The van der Waals surface area contributed by atoms with Crippen LogP contribution in [0.1, 0.15) is 36.5 Å². The number of phenolic OH excluding ortho intramolecular Hbond substituents is 1. The van der Waals surface area contributed by atoms with Gasteiger partial charge in [-0.1, -0.05) is 6.08 Å². The van der Waals surface area contributed by atoms with E-state index in [1.165, 1.54) is 11.8 Å². The molecular weight excluding hydrogens is 374 g/mol. The van der Waals surface area contributed by atoms with E-state index in [9.17, 15) is 19.8 Å². The average Bonchev–Trinajstić information content (AvgIpc) is 3.01. The number of esters is 1. The minimum Gasteiger partial charge on any atom is -0.504 e. The van der Waals surface area contributed by atoms with Crippen LogP contribution in [-0.4, -0.2) is 54.0 Å². The minimum atomic E-state index is -0.850. The number of phenols is 1. The molecule has 2 heterocycles. The van der Waals surface area contributed by atoms with Gasteiger partial charge in [-0.25, -0.2) is 0 Å². The lowest BCUT2D eigenvalue weighted by molar-refractivity contribution is -0.917. The maximum absolute atomic E-state index is 11.7. The van der Waals surface area contributed by atoms with E-state index in [-0.39, 0.29) is 35.6 Å². The molecule has 5 rings (SSSR count). The number of benzene rings is 1. The van der Waals surface area contributed by atoms with Gasteiger partial charge in [0.25, 0.3) is 0 Å². The number of carboxylic acid groups (broad SMARTS) is 1. The largest absolute Gasteiger partial charge is 0.504 e. The highest BCUT2D eigenvalue weighted by Gasteiger charge is 2.66. The molecular formula is C22H26NO6+. The number of likely N-dealkylation sites (N-methyl/N-ethyl adjacent to an activating group) is 1. The third-order valence-corrected chi connectivity index (χ3v) is 7.41. The number of nitrogens with one attached hydrogen (secondary N) is 1. The molecule has 1 fully saturated rings. The second-order valence-corrected chi connectivity index (χ2v) is 8.85. The molecule has 4 aliphatic rings. The van der Waals surface area contributed by atoms with Crippen LogP contribution in [0, 0.1) is 5.92 Å². The van der Waals surface area contributed by atoms with Crippen molar-refractivity contribution in [1.29, 1.82) is 0 Å². The van der Waals surface area contributed by atoms with E-state index < -0.39 is 12.1 Å². The summed E-state index contributed by atoms with van der Waals surface area (Å²) in [6.07, 6.45) is 5.36. The molecule has 0 radical (unpaired) electrons. The predicted molar refractivity (Wildman–Crippen MR) is 102 cm³/mol. The predicted octanol–water partition coefficient (Wildman–Crippen LogP) is 0.369. The molecule has 1 aromatic rings. The van der Waals surface area contributed by atoms with Crippen molar-refractivity contribution >= 4 is 11.9 Å². The lowest BCUT2D eigenvalue weighted by Crippen LogP contribution is -3.16. The molecule has 7 nitrogen and oxygen atoms in total. The van der Waals surface area contributed by atoms with Crippen molar-refractivity contribution in [3.63, 3.8) is 0 Å². The van der Waals surface area contributed by atoms with Gasteiger partial charge in [0, 0.05) is 37.7 Å². The van der Waals surface area contributed by atoms with Crippen LogP contribution in [0.2, 0.25) is 0 Å². The summed E-state index contributed by atoms with van der Waals surface area (Å²) in [5.74, 6) is -0.426. The van der Waals surface area contributed by atoms with E-state index >= 15 is 0 Å². The van der Waals surface area contributed by atoms with Crippen LogP contribution in [0.15, 0.2) is 18.2 Å². The van der Waals surface area contributed by atoms with Gasteiger partial charge in [0.2, 0.25) is 0 Å². The van der Waals surface area contributed by atoms with E-state index in [0.29, 0.717) is 18.2 Å². The Morgan fingerprint density at radius 2 is 2.17 bits per heavy atom. The van der Waals surface area contributed by atoms with Gasteiger partial charge in [-0.2, -0.15) is 0 Å². The summed E-state index contributed by atoms with van der Waals surface area (Å²) in [6.45, 7) is 2.37. The maximum Gasteiger partial charge on any atom is 0.303 e. The Morgan fingerprint density at radius 3 is 2.90 bits per heavy atom. The van der Waals surface area contributed by atoms with Gasteiger partial charge < -0.3 is 24.6 Å². The number of aryl methyl sites for hydroxylation is 1. The van der Waals surface area contributed by atoms with Crippen LogP contribution in [0.3, 0.4) is 0 Å². The van der Waals surface area contributed by atoms with Crippen molar-refractivity contribution in [3.8, 4) is 11.5 Å². The van der Waals surface area contributed by atoms with Gasteiger partial charge >= 0.3 is 11.9 Å². The Labute approximate surface area is 168 Å². The Bertz CT molecular complexity index is 940. The van der Waals surface area contributed by atoms with Crippen molar-refractivity contribution in [3.05, 3.63) is 34.9 Å². The number of piperidine rings is 1. The lowest BCUT2D eigenvalue weighted by Gasteiger charge is -2.54. The number of aromatic hydroxyl groups is 1. The molecule has 2 aliphatic carbocycles. The highest BCUT2D eigenvalue weighted by molar-refractivity contribution is 5.69. The minimum absolute atomic E-state index is 0.0231. The number of rotatable bonds is 4. The molecule has 29 heavy (non-hydrogen) atoms. The fourth-order valence-corrected chi connectivity index (χ4v) is 6.28. The standard InChI is InChI=1S/C22H25NO6/c1-11(24)28-17-5-4-14-15-10-13-12(3-6-18(26)27)9-16(25)20-19(13)22(14,21(17)29-20)7-8-23(15)2/h4-5,9,14-15,17,21,25H,3,6-8,10H2,1-2H3,(H,26,27)/p+1/t14?,15?,17-,21-,22-/m0/s1. The summed E-state index contributed by atoms with van der Waals surface area (Å²) < 4.78 is 11.9. The summed E-state index contributed by atoms with van der Waals surface area (Å²) >= 11 is 0. The van der Waals surface area contributed by atoms with E-state index in [0.717, 1.165) is 36.1 Å². The fraction of sp³-hybridized carbons (Fsp3) is 0.545. The molecule has 2 aliphatic heterocycles. The average molecular weight is 400 g/mol. The van der Waals surface area contributed by atoms with Crippen molar-refractivity contribution in [2.45, 2.75) is 56.3 Å². The Kier molecular flexibility index (Phi) is 3.97. The molecule has 1 aromatic carbocycles. The molecule has 0 amide bonds. The van der Waals surface area contributed by atoms with Crippen molar-refractivity contribution in [1.82, 2.24) is 0 Å². The van der Waals surface area contributed by atoms with Crippen molar-refractivity contribution in [2.24, 2.45) is 5.92 Å². The van der Waals surface area contributed by atoms with E-state index in [1.54, 1.807) is 6.07 Å². The van der Waals surface area contributed by atoms with Gasteiger partial charge in [-0.05, 0) is 29.7 Å². The molecule has 1 spiro atoms. The van der Waals surface area contributed by atoms with Crippen molar-refractivity contribution < 1.29 is 34.2 Å². The van der Waals surface area contributed by atoms with E-state index in [4.69, 9.17) is 9.47 Å². The number of aliphatic carboxylic acids is 1. The molecule has 154 valence electrons. The normalized spacial score (nSPS) is 35.6. The highest BCUT2D eigenvalue weighted by Crippen LogP contribution is 2.61.